The third-order valence-corrected chi connectivity index (χ3v) is 3.23. The van der Waals surface area contributed by atoms with Crippen LogP contribution >= 0.6 is 11.6 Å². The average molecular weight is 317 g/mol. The summed E-state index contributed by atoms with van der Waals surface area (Å²) in [6, 6.07) is 11.7. The zero-order valence-corrected chi connectivity index (χ0v) is 12.5. The molecule has 0 aromatic heterocycles. The van der Waals surface area contributed by atoms with Crippen LogP contribution in [0.4, 0.5) is 11.4 Å². The van der Waals surface area contributed by atoms with Crippen molar-refractivity contribution in [2.75, 3.05) is 5.32 Å². The lowest BCUT2D eigenvalue weighted by atomic mass is 10.2. The normalized spacial score (nSPS) is 10.6. The first kappa shape index (κ1) is 15.7. The van der Waals surface area contributed by atoms with Crippen molar-refractivity contribution in [2.45, 2.75) is 6.92 Å². The Morgan fingerprint density at radius 1 is 1.23 bits per heavy atom. The van der Waals surface area contributed by atoms with Gasteiger partial charge in [-0.05, 0) is 36.8 Å². The number of amides is 1. The third kappa shape index (κ3) is 4.17. The van der Waals surface area contributed by atoms with Crippen molar-refractivity contribution < 1.29 is 9.72 Å². The summed E-state index contributed by atoms with van der Waals surface area (Å²) in [6.07, 6.45) is 2.81. The minimum absolute atomic E-state index is 0.0613. The van der Waals surface area contributed by atoms with Gasteiger partial charge in [-0.15, -0.1) is 0 Å². The molecule has 1 amide bonds. The molecule has 0 aliphatic carbocycles. The second-order valence-electron chi connectivity index (χ2n) is 4.66. The summed E-state index contributed by atoms with van der Waals surface area (Å²) in [6.45, 7) is 1.96. The molecule has 0 spiro atoms. The average Bonchev–Trinajstić information content (AvgIpc) is 2.48. The number of benzene rings is 2. The van der Waals surface area contributed by atoms with Crippen LogP contribution in [-0.4, -0.2) is 10.8 Å². The van der Waals surface area contributed by atoms with Crippen LogP contribution in [0.1, 0.15) is 11.1 Å². The lowest BCUT2D eigenvalue weighted by molar-refractivity contribution is -0.384. The lowest BCUT2D eigenvalue weighted by Crippen LogP contribution is -2.07. The molecule has 0 bridgehead atoms. The second kappa shape index (κ2) is 6.87. The SMILES string of the molecule is Cc1ccc(NC(=O)C=Cc2ccc(Cl)c([N+](=O)[O-])c2)cc1. The van der Waals surface area contributed by atoms with E-state index >= 15 is 0 Å². The molecule has 2 aromatic carbocycles. The van der Waals surface area contributed by atoms with E-state index < -0.39 is 4.92 Å². The first-order valence-corrected chi connectivity index (χ1v) is 6.83. The summed E-state index contributed by atoms with van der Waals surface area (Å²) < 4.78 is 0. The fourth-order valence-electron chi connectivity index (χ4n) is 1.77. The summed E-state index contributed by atoms with van der Waals surface area (Å²) in [5.41, 5.74) is 2.11. The molecule has 0 saturated carbocycles. The van der Waals surface area contributed by atoms with E-state index in [0.29, 0.717) is 11.3 Å². The van der Waals surface area contributed by atoms with Crippen LogP contribution in [0.3, 0.4) is 0 Å². The van der Waals surface area contributed by atoms with Gasteiger partial charge in [0.1, 0.15) is 5.02 Å². The van der Waals surface area contributed by atoms with Gasteiger partial charge in [0.25, 0.3) is 5.69 Å². The minimum Gasteiger partial charge on any atom is -0.323 e. The molecule has 0 radical (unpaired) electrons. The molecule has 2 rings (SSSR count). The molecule has 0 atom stereocenters. The standard InChI is InChI=1S/C16H13ClN2O3/c1-11-2-6-13(7-3-11)18-16(20)9-5-12-4-8-14(17)15(10-12)19(21)22/h2-10H,1H3,(H,18,20). The van der Waals surface area contributed by atoms with Gasteiger partial charge >= 0.3 is 0 Å². The predicted molar refractivity (Wildman–Crippen MR) is 86.9 cm³/mol. The Morgan fingerprint density at radius 2 is 1.91 bits per heavy atom. The highest BCUT2D eigenvalue weighted by Crippen LogP contribution is 2.25. The Hall–Kier alpha value is -2.66. The van der Waals surface area contributed by atoms with Crippen LogP contribution in [0.2, 0.25) is 5.02 Å². The summed E-state index contributed by atoms with van der Waals surface area (Å²) >= 11 is 5.73. The molecule has 0 fully saturated rings. The highest BCUT2D eigenvalue weighted by molar-refractivity contribution is 6.32. The van der Waals surface area contributed by atoms with Crippen molar-refractivity contribution in [1.82, 2.24) is 0 Å². The van der Waals surface area contributed by atoms with Gasteiger partial charge in [-0.25, -0.2) is 0 Å². The summed E-state index contributed by atoms with van der Waals surface area (Å²) in [5.74, 6) is -0.318. The Labute approximate surface area is 132 Å². The summed E-state index contributed by atoms with van der Waals surface area (Å²) in [4.78, 5) is 22.0. The maximum atomic E-state index is 11.8. The number of nitrogens with zero attached hydrogens (tertiary/aromatic N) is 1. The number of hydrogen-bond donors (Lipinski definition) is 1. The topological polar surface area (TPSA) is 72.2 Å². The van der Waals surface area contributed by atoms with Gasteiger partial charge in [-0.1, -0.05) is 35.4 Å². The molecular formula is C16H13ClN2O3. The number of halogens is 1. The molecule has 0 saturated heterocycles. The Bertz CT molecular complexity index is 740. The van der Waals surface area contributed by atoms with Crippen LogP contribution in [-0.2, 0) is 4.79 Å². The van der Waals surface area contributed by atoms with Gasteiger partial charge in [-0.2, -0.15) is 0 Å². The Balaban J connectivity index is 2.08. The fourth-order valence-corrected chi connectivity index (χ4v) is 1.95. The number of carbonyl (C=O) groups is 1. The quantitative estimate of drug-likeness (QED) is 0.521. The van der Waals surface area contributed by atoms with Gasteiger partial charge in [0.05, 0.1) is 4.92 Å². The van der Waals surface area contributed by atoms with E-state index in [1.165, 1.54) is 24.3 Å². The second-order valence-corrected chi connectivity index (χ2v) is 5.06. The molecule has 0 aliphatic heterocycles. The third-order valence-electron chi connectivity index (χ3n) is 2.91. The largest absolute Gasteiger partial charge is 0.323 e. The van der Waals surface area contributed by atoms with E-state index in [9.17, 15) is 14.9 Å². The fraction of sp³-hybridized carbons (Fsp3) is 0.0625. The molecule has 6 heteroatoms. The van der Waals surface area contributed by atoms with Crippen molar-refractivity contribution in [2.24, 2.45) is 0 Å². The maximum Gasteiger partial charge on any atom is 0.288 e. The number of aryl methyl sites for hydroxylation is 1. The van der Waals surface area contributed by atoms with Crippen LogP contribution in [0.25, 0.3) is 6.08 Å². The molecule has 1 N–H and O–H groups in total. The highest BCUT2D eigenvalue weighted by atomic mass is 35.5. The Kier molecular flexibility index (Phi) is 4.91. The molecule has 0 aliphatic rings. The van der Waals surface area contributed by atoms with Gasteiger partial charge in [0.2, 0.25) is 5.91 Å². The number of carbonyl (C=O) groups excluding carboxylic acids is 1. The van der Waals surface area contributed by atoms with Crippen molar-refractivity contribution in [3.8, 4) is 0 Å². The summed E-state index contributed by atoms with van der Waals surface area (Å²) in [5, 5.41) is 13.6. The van der Waals surface area contributed by atoms with Gasteiger partial charge in [0, 0.05) is 17.8 Å². The van der Waals surface area contributed by atoms with Crippen molar-refractivity contribution in [1.29, 1.82) is 0 Å². The van der Waals surface area contributed by atoms with Gasteiger partial charge in [0.15, 0.2) is 0 Å². The number of nitro benzene ring substituents is 1. The minimum atomic E-state index is -0.563. The van der Waals surface area contributed by atoms with Crippen molar-refractivity contribution >= 4 is 35.0 Å². The summed E-state index contributed by atoms with van der Waals surface area (Å²) in [7, 11) is 0. The number of hydrogen-bond acceptors (Lipinski definition) is 3. The smallest absolute Gasteiger partial charge is 0.288 e. The molecular weight excluding hydrogens is 304 g/mol. The molecule has 5 nitrogen and oxygen atoms in total. The van der Waals surface area contributed by atoms with Crippen molar-refractivity contribution in [3.05, 3.63) is 74.8 Å². The number of nitrogens with one attached hydrogen (secondary N) is 1. The van der Waals surface area contributed by atoms with Crippen LogP contribution < -0.4 is 5.32 Å². The van der Waals surface area contributed by atoms with Gasteiger partial charge in [-0.3, -0.25) is 14.9 Å². The first-order valence-electron chi connectivity index (χ1n) is 6.45. The van der Waals surface area contributed by atoms with Gasteiger partial charge < -0.3 is 5.32 Å². The molecule has 22 heavy (non-hydrogen) atoms. The number of nitro groups is 1. The van der Waals surface area contributed by atoms with E-state index in [4.69, 9.17) is 11.6 Å². The number of anilines is 1. The Morgan fingerprint density at radius 3 is 2.55 bits per heavy atom. The van der Waals surface area contributed by atoms with E-state index in [-0.39, 0.29) is 16.6 Å². The van der Waals surface area contributed by atoms with Crippen molar-refractivity contribution in [3.63, 3.8) is 0 Å². The molecule has 112 valence electrons. The van der Waals surface area contributed by atoms with Crippen LogP contribution in [0, 0.1) is 17.0 Å². The van der Waals surface area contributed by atoms with E-state index in [2.05, 4.69) is 5.32 Å². The molecule has 0 heterocycles. The van der Waals surface area contributed by atoms with E-state index in [1.54, 1.807) is 18.2 Å². The van der Waals surface area contributed by atoms with E-state index in [0.717, 1.165) is 5.56 Å². The predicted octanol–water partition coefficient (Wildman–Crippen LogP) is 4.21. The van der Waals surface area contributed by atoms with Crippen LogP contribution in [0.15, 0.2) is 48.5 Å². The molecule has 0 unspecified atom stereocenters. The highest BCUT2D eigenvalue weighted by Gasteiger charge is 2.11. The number of rotatable bonds is 4. The first-order chi connectivity index (χ1) is 10.5. The molecule has 2 aromatic rings. The zero-order chi connectivity index (χ0) is 16.1. The lowest BCUT2D eigenvalue weighted by Gasteiger charge is -2.02. The monoisotopic (exact) mass is 316 g/mol. The zero-order valence-electron chi connectivity index (χ0n) is 11.7. The maximum absolute atomic E-state index is 11.8. The van der Waals surface area contributed by atoms with Crippen LogP contribution in [0.5, 0.6) is 0 Å². The van der Waals surface area contributed by atoms with E-state index in [1.807, 2.05) is 19.1 Å².